The standard InChI is InChI=1S/C24H25Cl2N3O5S/c1-3-33-24(30)15-29-22-9-5-8-21(19(22)14-27-29)28(2)35(31,32)18-10-11-23(20(26)13-18)34-17-7-4-6-16(25)12-17/h4,6-7,10-14,21H,3,5,8-9,15H2,1-2H3. The highest BCUT2D eigenvalue weighted by atomic mass is 35.5. The molecule has 0 fully saturated rings. The maximum Gasteiger partial charge on any atom is 0.327 e. The van der Waals surface area contributed by atoms with Crippen molar-refractivity contribution < 1.29 is 22.7 Å². The van der Waals surface area contributed by atoms with Crippen LogP contribution in [0, 0.1) is 0 Å². The summed E-state index contributed by atoms with van der Waals surface area (Å²) in [4.78, 5) is 12.0. The van der Waals surface area contributed by atoms with E-state index in [1.54, 1.807) is 49.1 Å². The van der Waals surface area contributed by atoms with Gasteiger partial charge in [-0.05, 0) is 62.6 Å². The molecule has 1 atom stereocenters. The topological polar surface area (TPSA) is 90.7 Å². The Labute approximate surface area is 214 Å². The molecule has 1 aliphatic carbocycles. The Bertz CT molecular complexity index is 1340. The van der Waals surface area contributed by atoms with Crippen molar-refractivity contribution >= 4 is 39.2 Å². The lowest BCUT2D eigenvalue weighted by Gasteiger charge is -2.31. The summed E-state index contributed by atoms with van der Waals surface area (Å²) in [5, 5.41) is 5.00. The summed E-state index contributed by atoms with van der Waals surface area (Å²) in [7, 11) is -2.34. The second-order valence-corrected chi connectivity index (χ2v) is 10.9. The molecule has 0 spiro atoms. The van der Waals surface area contributed by atoms with E-state index in [9.17, 15) is 13.2 Å². The Morgan fingerprint density at radius 2 is 2.03 bits per heavy atom. The molecule has 0 saturated heterocycles. The predicted molar refractivity (Wildman–Crippen MR) is 132 cm³/mol. The average molecular weight is 538 g/mol. The van der Waals surface area contributed by atoms with Crippen molar-refractivity contribution in [2.75, 3.05) is 13.7 Å². The Morgan fingerprint density at radius 3 is 2.74 bits per heavy atom. The van der Waals surface area contributed by atoms with Gasteiger partial charge in [0.25, 0.3) is 0 Å². The zero-order valence-electron chi connectivity index (χ0n) is 19.3. The monoisotopic (exact) mass is 537 g/mol. The van der Waals surface area contributed by atoms with Crippen LogP contribution in [0.2, 0.25) is 10.0 Å². The third-order valence-electron chi connectivity index (χ3n) is 5.86. The van der Waals surface area contributed by atoms with E-state index in [0.717, 1.165) is 17.7 Å². The summed E-state index contributed by atoms with van der Waals surface area (Å²) >= 11 is 12.4. The van der Waals surface area contributed by atoms with Crippen molar-refractivity contribution in [3.05, 3.63) is 70.0 Å². The molecular weight excluding hydrogens is 513 g/mol. The maximum atomic E-state index is 13.5. The number of carbonyl (C=O) groups is 1. The maximum absolute atomic E-state index is 13.5. The molecule has 1 heterocycles. The van der Waals surface area contributed by atoms with Gasteiger partial charge in [-0.15, -0.1) is 0 Å². The molecule has 11 heteroatoms. The van der Waals surface area contributed by atoms with Gasteiger partial charge in [-0.2, -0.15) is 9.40 Å². The first kappa shape index (κ1) is 25.5. The van der Waals surface area contributed by atoms with Gasteiger partial charge in [-0.1, -0.05) is 29.3 Å². The Morgan fingerprint density at radius 1 is 1.23 bits per heavy atom. The van der Waals surface area contributed by atoms with E-state index in [-0.39, 0.29) is 29.0 Å². The number of hydrogen-bond acceptors (Lipinski definition) is 6. The van der Waals surface area contributed by atoms with E-state index in [1.165, 1.54) is 22.5 Å². The summed E-state index contributed by atoms with van der Waals surface area (Å²) in [6.07, 6.45) is 3.75. The molecule has 0 amide bonds. The number of ether oxygens (including phenoxy) is 2. The smallest absolute Gasteiger partial charge is 0.327 e. The van der Waals surface area contributed by atoms with Crippen LogP contribution in [0.3, 0.4) is 0 Å². The van der Waals surface area contributed by atoms with Crippen LogP contribution >= 0.6 is 23.2 Å². The van der Waals surface area contributed by atoms with Crippen molar-refractivity contribution in [2.24, 2.45) is 0 Å². The average Bonchev–Trinajstić information content (AvgIpc) is 3.23. The van der Waals surface area contributed by atoms with Crippen LogP contribution in [0.15, 0.2) is 53.6 Å². The molecular formula is C24H25Cl2N3O5S. The second-order valence-electron chi connectivity index (χ2n) is 8.09. The lowest BCUT2D eigenvalue weighted by Crippen LogP contribution is -2.33. The van der Waals surface area contributed by atoms with Gasteiger partial charge in [0.05, 0.1) is 28.8 Å². The fourth-order valence-electron chi connectivity index (χ4n) is 4.15. The quantitative estimate of drug-likeness (QED) is 0.364. The van der Waals surface area contributed by atoms with Crippen molar-refractivity contribution in [1.29, 1.82) is 0 Å². The van der Waals surface area contributed by atoms with Gasteiger partial charge in [0, 0.05) is 23.3 Å². The molecule has 0 bridgehead atoms. The van der Waals surface area contributed by atoms with E-state index >= 15 is 0 Å². The van der Waals surface area contributed by atoms with E-state index in [4.69, 9.17) is 32.7 Å². The number of nitrogens with zero attached hydrogens (tertiary/aromatic N) is 3. The summed E-state index contributed by atoms with van der Waals surface area (Å²) in [6.45, 7) is 2.03. The number of sulfonamides is 1. The van der Waals surface area contributed by atoms with Crippen molar-refractivity contribution in [2.45, 2.75) is 43.7 Å². The predicted octanol–water partition coefficient (Wildman–Crippen LogP) is 5.24. The normalized spacial score (nSPS) is 15.6. The molecule has 0 N–H and O–H groups in total. The van der Waals surface area contributed by atoms with Crippen LogP contribution in [0.25, 0.3) is 0 Å². The molecule has 8 nitrogen and oxygen atoms in total. The van der Waals surface area contributed by atoms with Crippen molar-refractivity contribution in [3.63, 3.8) is 0 Å². The molecule has 186 valence electrons. The first-order valence-corrected chi connectivity index (χ1v) is 13.3. The van der Waals surface area contributed by atoms with Gasteiger partial charge in [-0.25, -0.2) is 8.42 Å². The highest BCUT2D eigenvalue weighted by molar-refractivity contribution is 7.89. The minimum atomic E-state index is -3.88. The Balaban J connectivity index is 1.56. The largest absolute Gasteiger partial charge is 0.465 e. The van der Waals surface area contributed by atoms with Crippen molar-refractivity contribution in [3.8, 4) is 11.5 Å². The van der Waals surface area contributed by atoms with Crippen LogP contribution in [-0.2, 0) is 32.5 Å². The van der Waals surface area contributed by atoms with Crippen LogP contribution in [0.4, 0.5) is 0 Å². The van der Waals surface area contributed by atoms with Gasteiger partial charge < -0.3 is 9.47 Å². The number of halogens is 2. The van der Waals surface area contributed by atoms with Crippen LogP contribution in [0.1, 0.15) is 37.1 Å². The molecule has 0 aliphatic heterocycles. The molecule has 1 unspecified atom stereocenters. The van der Waals surface area contributed by atoms with Gasteiger partial charge >= 0.3 is 5.97 Å². The molecule has 4 rings (SSSR count). The summed E-state index contributed by atoms with van der Waals surface area (Å²) in [6, 6.07) is 10.8. The van der Waals surface area contributed by atoms with Crippen molar-refractivity contribution in [1.82, 2.24) is 14.1 Å². The van der Waals surface area contributed by atoms with E-state index < -0.39 is 16.1 Å². The van der Waals surface area contributed by atoms with Gasteiger partial charge in [0.2, 0.25) is 10.0 Å². The zero-order chi connectivity index (χ0) is 25.2. The first-order valence-electron chi connectivity index (χ1n) is 11.1. The highest BCUT2D eigenvalue weighted by Gasteiger charge is 2.34. The number of esters is 1. The second kappa shape index (κ2) is 10.6. The molecule has 1 aromatic heterocycles. The minimum Gasteiger partial charge on any atom is -0.465 e. The molecule has 35 heavy (non-hydrogen) atoms. The number of fused-ring (bicyclic) bond motifs is 1. The lowest BCUT2D eigenvalue weighted by atomic mass is 9.93. The van der Waals surface area contributed by atoms with E-state index in [0.29, 0.717) is 29.4 Å². The molecule has 0 saturated carbocycles. The fraction of sp³-hybridized carbons (Fsp3) is 0.333. The number of rotatable bonds is 8. The Kier molecular flexibility index (Phi) is 7.70. The van der Waals surface area contributed by atoms with Gasteiger partial charge in [-0.3, -0.25) is 9.48 Å². The number of carbonyl (C=O) groups excluding carboxylic acids is 1. The first-order chi connectivity index (χ1) is 16.7. The van der Waals surface area contributed by atoms with Gasteiger partial charge in [0.1, 0.15) is 18.0 Å². The molecule has 3 aromatic rings. The summed E-state index contributed by atoms with van der Waals surface area (Å²) in [5.74, 6) is 0.425. The molecule has 1 aliphatic rings. The van der Waals surface area contributed by atoms with Crippen LogP contribution in [-0.4, -0.2) is 42.1 Å². The third kappa shape index (κ3) is 5.48. The lowest BCUT2D eigenvalue weighted by molar-refractivity contribution is -0.144. The number of aromatic nitrogens is 2. The molecule has 2 aromatic carbocycles. The van der Waals surface area contributed by atoms with Crippen LogP contribution in [0.5, 0.6) is 11.5 Å². The van der Waals surface area contributed by atoms with Gasteiger partial charge in [0.15, 0.2) is 0 Å². The minimum absolute atomic E-state index is 0.00391. The SMILES string of the molecule is CCOC(=O)Cn1ncc2c1CCCC2N(C)S(=O)(=O)c1ccc(Oc2cccc(Cl)c2)c(Cl)c1. The highest BCUT2D eigenvalue weighted by Crippen LogP contribution is 2.38. The number of benzene rings is 2. The third-order valence-corrected chi connectivity index (χ3v) is 8.25. The summed E-state index contributed by atoms with van der Waals surface area (Å²) < 4.78 is 40.7. The summed E-state index contributed by atoms with van der Waals surface area (Å²) in [5.41, 5.74) is 1.64. The molecule has 0 radical (unpaired) electrons. The zero-order valence-corrected chi connectivity index (χ0v) is 21.6. The Hall–Kier alpha value is -2.59. The number of hydrogen-bond donors (Lipinski definition) is 0. The van der Waals surface area contributed by atoms with E-state index in [2.05, 4.69) is 5.10 Å². The fourth-order valence-corrected chi connectivity index (χ4v) is 6.01. The van der Waals surface area contributed by atoms with Crippen LogP contribution < -0.4 is 4.74 Å². The van der Waals surface area contributed by atoms with E-state index in [1.807, 2.05) is 0 Å².